The molecule has 6 rings (SSSR count). The third-order valence-electron chi connectivity index (χ3n) is 6.86. The number of carbonyl (C=O) groups excluding carboxylic acids is 1. The first-order chi connectivity index (χ1) is 17.3. The highest BCUT2D eigenvalue weighted by atomic mass is 16.2. The molecule has 172 valence electrons. The molecule has 1 aliphatic heterocycles. The topological polar surface area (TPSA) is 38.1 Å². The standard InChI is InChI=1S/C31H27N3O/c35-31(33-20-8-12-26-11-4-6-14-28(26)33)22-34-29-15-7-5-13-27(29)32-30(34)21-23-16-18-25(19-17-23)24-9-2-1-3-10-24/h1-7,9-11,13-19H,8,12,20-22H2. The fraction of sp³-hybridized carbons (Fsp3) is 0.161. The van der Waals surface area contributed by atoms with Crippen molar-refractivity contribution in [2.75, 3.05) is 11.4 Å². The summed E-state index contributed by atoms with van der Waals surface area (Å²) < 4.78 is 2.10. The summed E-state index contributed by atoms with van der Waals surface area (Å²) >= 11 is 0. The second-order valence-corrected chi connectivity index (χ2v) is 9.12. The first kappa shape index (κ1) is 21.4. The van der Waals surface area contributed by atoms with Gasteiger partial charge in [0.25, 0.3) is 0 Å². The van der Waals surface area contributed by atoms with Crippen LogP contribution in [0.2, 0.25) is 0 Å². The number of aromatic nitrogens is 2. The van der Waals surface area contributed by atoms with Crippen LogP contribution in [-0.2, 0) is 24.2 Å². The van der Waals surface area contributed by atoms with Crippen molar-refractivity contribution in [3.63, 3.8) is 0 Å². The molecule has 1 aromatic heterocycles. The van der Waals surface area contributed by atoms with Gasteiger partial charge < -0.3 is 9.47 Å². The third-order valence-corrected chi connectivity index (χ3v) is 6.86. The highest BCUT2D eigenvalue weighted by molar-refractivity contribution is 5.95. The molecule has 0 aliphatic carbocycles. The average Bonchev–Trinajstić information content (AvgIpc) is 3.26. The zero-order valence-electron chi connectivity index (χ0n) is 19.6. The van der Waals surface area contributed by atoms with Crippen molar-refractivity contribution in [3.8, 4) is 11.1 Å². The molecule has 0 unspecified atom stereocenters. The molecule has 1 aliphatic rings. The zero-order chi connectivity index (χ0) is 23.6. The Morgan fingerprint density at radius 3 is 2.34 bits per heavy atom. The minimum atomic E-state index is 0.112. The van der Waals surface area contributed by atoms with Crippen molar-refractivity contribution in [2.45, 2.75) is 25.8 Å². The van der Waals surface area contributed by atoms with Crippen LogP contribution in [0, 0.1) is 0 Å². The molecule has 0 N–H and O–H groups in total. The maximum atomic E-state index is 13.6. The van der Waals surface area contributed by atoms with Gasteiger partial charge in [-0.05, 0) is 53.3 Å². The van der Waals surface area contributed by atoms with E-state index in [-0.39, 0.29) is 12.5 Å². The normalized spacial score (nSPS) is 13.1. The second-order valence-electron chi connectivity index (χ2n) is 9.12. The third kappa shape index (κ3) is 4.24. The zero-order valence-corrected chi connectivity index (χ0v) is 19.6. The van der Waals surface area contributed by atoms with E-state index in [2.05, 4.69) is 77.4 Å². The van der Waals surface area contributed by atoms with E-state index in [1.807, 2.05) is 35.2 Å². The van der Waals surface area contributed by atoms with Gasteiger partial charge in [-0.25, -0.2) is 4.98 Å². The Balaban J connectivity index is 1.30. The first-order valence-electron chi connectivity index (χ1n) is 12.2. The van der Waals surface area contributed by atoms with E-state index in [1.54, 1.807) is 0 Å². The lowest BCUT2D eigenvalue weighted by atomic mass is 10.0. The lowest BCUT2D eigenvalue weighted by Crippen LogP contribution is -2.38. The van der Waals surface area contributed by atoms with Gasteiger partial charge in [0.1, 0.15) is 12.4 Å². The minimum Gasteiger partial charge on any atom is -0.318 e. The summed E-state index contributed by atoms with van der Waals surface area (Å²) in [4.78, 5) is 20.4. The molecule has 0 fully saturated rings. The number of para-hydroxylation sites is 3. The van der Waals surface area contributed by atoms with Crippen molar-refractivity contribution in [3.05, 3.63) is 120 Å². The summed E-state index contributed by atoms with van der Waals surface area (Å²) in [6.07, 6.45) is 2.69. The van der Waals surface area contributed by atoms with Crippen molar-refractivity contribution >= 4 is 22.6 Å². The van der Waals surface area contributed by atoms with Crippen molar-refractivity contribution in [1.82, 2.24) is 9.55 Å². The van der Waals surface area contributed by atoms with Gasteiger partial charge in [0.05, 0.1) is 11.0 Å². The van der Waals surface area contributed by atoms with Crippen molar-refractivity contribution in [1.29, 1.82) is 0 Å². The molecule has 4 nitrogen and oxygen atoms in total. The van der Waals surface area contributed by atoms with E-state index in [0.29, 0.717) is 6.42 Å². The van der Waals surface area contributed by atoms with E-state index < -0.39 is 0 Å². The number of benzene rings is 4. The van der Waals surface area contributed by atoms with Crippen LogP contribution in [-0.4, -0.2) is 22.0 Å². The Bertz CT molecular complexity index is 1490. The Morgan fingerprint density at radius 2 is 1.49 bits per heavy atom. The highest BCUT2D eigenvalue weighted by Gasteiger charge is 2.24. The maximum absolute atomic E-state index is 13.6. The summed E-state index contributed by atoms with van der Waals surface area (Å²) in [5.74, 6) is 1.03. The first-order valence-corrected chi connectivity index (χ1v) is 12.2. The van der Waals surface area contributed by atoms with Crippen LogP contribution in [0.3, 0.4) is 0 Å². The molecular weight excluding hydrogens is 430 g/mol. The van der Waals surface area contributed by atoms with Crippen LogP contribution in [0.25, 0.3) is 22.2 Å². The van der Waals surface area contributed by atoms with Crippen LogP contribution < -0.4 is 4.90 Å². The number of aryl methyl sites for hydroxylation is 1. The Hall–Kier alpha value is -4.18. The van der Waals surface area contributed by atoms with E-state index in [9.17, 15) is 4.79 Å². The van der Waals surface area contributed by atoms with Crippen LogP contribution in [0.15, 0.2) is 103 Å². The molecular formula is C31H27N3O. The molecule has 5 aromatic rings. The number of amides is 1. The Labute approximate surface area is 205 Å². The smallest absolute Gasteiger partial charge is 0.246 e. The summed E-state index contributed by atoms with van der Waals surface area (Å²) in [6, 6.07) is 35.4. The van der Waals surface area contributed by atoms with Crippen LogP contribution in [0.5, 0.6) is 0 Å². The fourth-order valence-electron chi connectivity index (χ4n) is 5.08. The summed E-state index contributed by atoms with van der Waals surface area (Å²) in [6.45, 7) is 1.05. The molecule has 0 bridgehead atoms. The quantitative estimate of drug-likeness (QED) is 0.312. The average molecular weight is 458 g/mol. The van der Waals surface area contributed by atoms with Gasteiger partial charge in [-0.3, -0.25) is 4.79 Å². The Kier molecular flexibility index (Phi) is 5.63. The minimum absolute atomic E-state index is 0.112. The number of hydrogen-bond donors (Lipinski definition) is 0. The van der Waals surface area contributed by atoms with Gasteiger partial charge in [-0.2, -0.15) is 0 Å². The van der Waals surface area contributed by atoms with E-state index in [0.717, 1.165) is 41.9 Å². The molecule has 4 heteroatoms. The van der Waals surface area contributed by atoms with Crippen molar-refractivity contribution < 1.29 is 4.79 Å². The van der Waals surface area contributed by atoms with Gasteiger partial charge >= 0.3 is 0 Å². The Morgan fingerprint density at radius 1 is 0.771 bits per heavy atom. The molecule has 0 saturated heterocycles. The lowest BCUT2D eigenvalue weighted by molar-refractivity contribution is -0.119. The van der Waals surface area contributed by atoms with E-state index in [1.165, 1.54) is 22.3 Å². The van der Waals surface area contributed by atoms with Crippen LogP contribution >= 0.6 is 0 Å². The highest BCUT2D eigenvalue weighted by Crippen LogP contribution is 2.28. The number of hydrogen-bond acceptors (Lipinski definition) is 2. The van der Waals surface area contributed by atoms with Crippen LogP contribution in [0.4, 0.5) is 5.69 Å². The fourth-order valence-corrected chi connectivity index (χ4v) is 5.08. The largest absolute Gasteiger partial charge is 0.318 e. The molecule has 1 amide bonds. The lowest BCUT2D eigenvalue weighted by Gasteiger charge is -2.29. The monoisotopic (exact) mass is 457 g/mol. The number of fused-ring (bicyclic) bond motifs is 2. The molecule has 0 radical (unpaired) electrons. The number of anilines is 1. The van der Waals surface area contributed by atoms with Gasteiger partial charge in [-0.15, -0.1) is 0 Å². The number of rotatable bonds is 5. The van der Waals surface area contributed by atoms with Crippen molar-refractivity contribution in [2.24, 2.45) is 0 Å². The predicted molar refractivity (Wildman–Crippen MR) is 142 cm³/mol. The van der Waals surface area contributed by atoms with Gasteiger partial charge in [0, 0.05) is 18.7 Å². The molecule has 35 heavy (non-hydrogen) atoms. The number of imidazole rings is 1. The number of nitrogens with zero attached hydrogens (tertiary/aromatic N) is 3. The van der Waals surface area contributed by atoms with Crippen LogP contribution in [0.1, 0.15) is 23.4 Å². The van der Waals surface area contributed by atoms with E-state index in [4.69, 9.17) is 4.98 Å². The maximum Gasteiger partial charge on any atom is 0.246 e. The van der Waals surface area contributed by atoms with Gasteiger partial charge in [0.15, 0.2) is 0 Å². The molecule has 0 spiro atoms. The van der Waals surface area contributed by atoms with Gasteiger partial charge in [0.2, 0.25) is 5.91 Å². The second kappa shape index (κ2) is 9.22. The van der Waals surface area contributed by atoms with E-state index >= 15 is 0 Å². The molecule has 2 heterocycles. The SMILES string of the molecule is O=C(Cn1c(Cc2ccc(-c3ccccc3)cc2)nc2ccccc21)N1CCCc2ccccc21. The summed E-state index contributed by atoms with van der Waals surface area (Å²) in [5.41, 5.74) is 7.81. The molecule has 4 aromatic carbocycles. The summed E-state index contributed by atoms with van der Waals surface area (Å²) in [7, 11) is 0. The predicted octanol–water partition coefficient (Wildman–Crippen LogP) is 6.27. The number of carbonyl (C=O) groups is 1. The van der Waals surface area contributed by atoms with Gasteiger partial charge in [-0.1, -0.05) is 84.9 Å². The summed E-state index contributed by atoms with van der Waals surface area (Å²) in [5, 5.41) is 0. The molecule has 0 saturated carbocycles. The molecule has 0 atom stereocenters.